The molecule has 2 heterocycles. The number of nitrogens with zero attached hydrogens (tertiary/aromatic N) is 1. The predicted molar refractivity (Wildman–Crippen MR) is 124 cm³/mol. The van der Waals surface area contributed by atoms with Crippen LogP contribution in [0.25, 0.3) is 10.4 Å². The van der Waals surface area contributed by atoms with E-state index in [4.69, 9.17) is 0 Å². The van der Waals surface area contributed by atoms with Crippen LogP contribution in [-0.2, 0) is 6.54 Å². The summed E-state index contributed by atoms with van der Waals surface area (Å²) in [6.45, 7) is 4.77. The van der Waals surface area contributed by atoms with E-state index in [2.05, 4.69) is 47.6 Å². The second kappa shape index (κ2) is 11.7. The van der Waals surface area contributed by atoms with Crippen molar-refractivity contribution < 1.29 is 4.79 Å². The van der Waals surface area contributed by atoms with Crippen LogP contribution in [0.3, 0.4) is 0 Å². The normalized spacial score (nSPS) is 16.7. The molecular formula is C25H30N2OS. The van der Waals surface area contributed by atoms with Gasteiger partial charge in [-0.1, -0.05) is 60.7 Å². The van der Waals surface area contributed by atoms with Crippen molar-refractivity contribution in [1.29, 1.82) is 0 Å². The topological polar surface area (TPSA) is 32.3 Å². The van der Waals surface area contributed by atoms with Gasteiger partial charge in [-0.25, -0.2) is 0 Å². The Morgan fingerprint density at radius 1 is 1.03 bits per heavy atom. The van der Waals surface area contributed by atoms with Crippen LogP contribution in [0.2, 0.25) is 0 Å². The maximum absolute atomic E-state index is 10.5. The average molecular weight is 407 g/mol. The Balaban J connectivity index is 0.000000169. The van der Waals surface area contributed by atoms with Gasteiger partial charge in [0.2, 0.25) is 0 Å². The summed E-state index contributed by atoms with van der Waals surface area (Å²) < 4.78 is 0. The van der Waals surface area contributed by atoms with Gasteiger partial charge in [0, 0.05) is 18.0 Å². The molecule has 29 heavy (non-hydrogen) atoms. The van der Waals surface area contributed by atoms with Gasteiger partial charge < -0.3 is 5.32 Å². The van der Waals surface area contributed by atoms with Crippen molar-refractivity contribution in [2.75, 3.05) is 26.7 Å². The molecule has 1 N–H and O–H groups in total. The minimum Gasteiger partial charge on any atom is -0.319 e. The number of aldehydes is 1. The maximum Gasteiger partial charge on any atom is 0.160 e. The molecule has 2 aromatic carbocycles. The van der Waals surface area contributed by atoms with E-state index in [1.54, 1.807) is 0 Å². The first-order valence-electron chi connectivity index (χ1n) is 10.3. The second-order valence-electron chi connectivity index (χ2n) is 7.47. The highest BCUT2D eigenvalue weighted by molar-refractivity contribution is 7.17. The number of hydrogen-bond acceptors (Lipinski definition) is 4. The summed E-state index contributed by atoms with van der Waals surface area (Å²) in [5, 5.41) is 3.30. The lowest BCUT2D eigenvalue weighted by atomic mass is 9.97. The molecule has 3 aromatic rings. The lowest BCUT2D eigenvalue weighted by Gasteiger charge is -2.32. The summed E-state index contributed by atoms with van der Waals surface area (Å²) >= 11 is 1.52. The molecule has 1 atom stereocenters. The zero-order valence-electron chi connectivity index (χ0n) is 17.1. The Bertz CT molecular complexity index is 846. The first-order chi connectivity index (χ1) is 14.3. The number of thiophene rings is 1. The van der Waals surface area contributed by atoms with Crippen molar-refractivity contribution in [3.8, 4) is 10.4 Å². The SMILES string of the molecule is CNCC1CCCN(Cc2ccccc2)C1.O=Cc1ccc(-c2ccccc2)s1. The van der Waals surface area contributed by atoms with Crippen LogP contribution in [0.15, 0.2) is 72.8 Å². The van der Waals surface area contributed by atoms with E-state index in [1.807, 2.05) is 42.5 Å². The summed E-state index contributed by atoms with van der Waals surface area (Å²) in [6, 6.07) is 24.7. The van der Waals surface area contributed by atoms with E-state index in [-0.39, 0.29) is 0 Å². The maximum atomic E-state index is 10.5. The first kappa shape index (κ1) is 21.4. The zero-order chi connectivity index (χ0) is 20.3. The van der Waals surface area contributed by atoms with Gasteiger partial charge in [0.15, 0.2) is 6.29 Å². The molecule has 0 spiro atoms. The van der Waals surface area contributed by atoms with E-state index >= 15 is 0 Å². The van der Waals surface area contributed by atoms with E-state index < -0.39 is 0 Å². The van der Waals surface area contributed by atoms with Crippen LogP contribution in [0.1, 0.15) is 28.1 Å². The molecule has 1 aliphatic heterocycles. The second-order valence-corrected chi connectivity index (χ2v) is 8.59. The van der Waals surface area contributed by atoms with Crippen molar-refractivity contribution in [1.82, 2.24) is 10.2 Å². The van der Waals surface area contributed by atoms with Crippen LogP contribution >= 0.6 is 11.3 Å². The van der Waals surface area contributed by atoms with Gasteiger partial charge in [0.05, 0.1) is 4.88 Å². The van der Waals surface area contributed by atoms with Crippen molar-refractivity contribution >= 4 is 17.6 Å². The monoisotopic (exact) mass is 406 g/mol. The molecule has 1 aliphatic rings. The van der Waals surface area contributed by atoms with E-state index in [1.165, 1.54) is 48.4 Å². The molecule has 1 unspecified atom stereocenters. The Morgan fingerprint density at radius 2 is 1.76 bits per heavy atom. The van der Waals surface area contributed by atoms with Crippen molar-refractivity contribution in [2.45, 2.75) is 19.4 Å². The number of carbonyl (C=O) groups is 1. The minimum absolute atomic E-state index is 0.777. The molecular weight excluding hydrogens is 376 g/mol. The van der Waals surface area contributed by atoms with E-state index in [9.17, 15) is 4.79 Å². The lowest BCUT2D eigenvalue weighted by Crippen LogP contribution is -2.38. The fourth-order valence-electron chi connectivity index (χ4n) is 3.77. The van der Waals surface area contributed by atoms with E-state index in [0.717, 1.165) is 35.0 Å². The molecule has 0 amide bonds. The molecule has 0 bridgehead atoms. The molecule has 0 aliphatic carbocycles. The number of rotatable bonds is 6. The first-order valence-corrected chi connectivity index (χ1v) is 11.1. The van der Waals surface area contributed by atoms with Crippen molar-refractivity contribution in [2.24, 2.45) is 5.92 Å². The third-order valence-electron chi connectivity index (χ3n) is 5.15. The minimum atomic E-state index is 0.777. The number of hydrogen-bond donors (Lipinski definition) is 1. The van der Waals surface area contributed by atoms with Gasteiger partial charge in [0.25, 0.3) is 0 Å². The Kier molecular flexibility index (Phi) is 8.62. The third-order valence-corrected chi connectivity index (χ3v) is 6.21. The van der Waals surface area contributed by atoms with Crippen LogP contribution in [0.4, 0.5) is 0 Å². The van der Waals surface area contributed by atoms with Crippen LogP contribution in [0.5, 0.6) is 0 Å². The summed E-state index contributed by atoms with van der Waals surface area (Å²) in [4.78, 5) is 15.0. The molecule has 0 radical (unpaired) electrons. The largest absolute Gasteiger partial charge is 0.319 e. The van der Waals surface area contributed by atoms with Crippen molar-refractivity contribution in [3.05, 3.63) is 83.2 Å². The molecule has 1 saturated heterocycles. The van der Waals surface area contributed by atoms with Gasteiger partial charge in [-0.05, 0) is 62.2 Å². The molecule has 1 fully saturated rings. The predicted octanol–water partition coefficient (Wildman–Crippen LogP) is 5.35. The number of benzene rings is 2. The van der Waals surface area contributed by atoms with Crippen molar-refractivity contribution in [3.63, 3.8) is 0 Å². The quantitative estimate of drug-likeness (QED) is 0.560. The van der Waals surface area contributed by atoms with Gasteiger partial charge in [-0.2, -0.15) is 0 Å². The number of carbonyl (C=O) groups excluding carboxylic acids is 1. The highest BCUT2D eigenvalue weighted by Crippen LogP contribution is 2.26. The highest BCUT2D eigenvalue weighted by atomic mass is 32.1. The van der Waals surface area contributed by atoms with Gasteiger partial charge >= 0.3 is 0 Å². The van der Waals surface area contributed by atoms with Gasteiger partial charge in [-0.3, -0.25) is 9.69 Å². The Labute approximate surface area is 178 Å². The van der Waals surface area contributed by atoms with E-state index in [0.29, 0.717) is 0 Å². The average Bonchev–Trinajstić information content (AvgIpc) is 3.26. The number of nitrogens with one attached hydrogen (secondary N) is 1. The number of likely N-dealkylation sites (tertiary alicyclic amines) is 1. The van der Waals surface area contributed by atoms with Gasteiger partial charge in [-0.15, -0.1) is 11.3 Å². The molecule has 152 valence electrons. The molecule has 4 heteroatoms. The summed E-state index contributed by atoms with van der Waals surface area (Å²) in [5.41, 5.74) is 2.60. The molecule has 1 aromatic heterocycles. The Hall–Kier alpha value is -2.27. The smallest absolute Gasteiger partial charge is 0.160 e. The molecule has 0 saturated carbocycles. The standard InChI is InChI=1S/C14H22N2.C11H8OS/c1-15-10-14-8-5-9-16(12-14)11-13-6-3-2-4-7-13;12-8-10-6-7-11(13-10)9-4-2-1-3-5-9/h2-4,6-7,14-15H,5,8-12H2,1H3;1-8H. The van der Waals surface area contributed by atoms with Gasteiger partial charge in [0.1, 0.15) is 0 Å². The molecule has 3 nitrogen and oxygen atoms in total. The summed E-state index contributed by atoms with van der Waals surface area (Å²) in [6.07, 6.45) is 3.61. The third kappa shape index (κ3) is 6.93. The fourth-order valence-corrected chi connectivity index (χ4v) is 4.59. The Morgan fingerprint density at radius 3 is 2.41 bits per heavy atom. The summed E-state index contributed by atoms with van der Waals surface area (Å²) in [5.74, 6) is 0.836. The lowest BCUT2D eigenvalue weighted by molar-refractivity contribution is 0.112. The highest BCUT2D eigenvalue weighted by Gasteiger charge is 2.18. The summed E-state index contributed by atoms with van der Waals surface area (Å²) in [7, 11) is 2.05. The van der Waals surface area contributed by atoms with Crippen LogP contribution < -0.4 is 5.32 Å². The zero-order valence-corrected chi connectivity index (χ0v) is 17.9. The molecule has 4 rings (SSSR count). The number of piperidine rings is 1. The fraction of sp³-hybridized carbons (Fsp3) is 0.320. The van der Waals surface area contributed by atoms with Crippen LogP contribution in [-0.4, -0.2) is 37.9 Å². The van der Waals surface area contributed by atoms with Crippen LogP contribution in [0, 0.1) is 5.92 Å².